The molecule has 0 N–H and O–H groups in total. The first-order chi connectivity index (χ1) is 9.20. The van der Waals surface area contributed by atoms with Gasteiger partial charge in [-0.15, -0.1) is 0 Å². The Morgan fingerprint density at radius 2 is 1.89 bits per heavy atom. The molecule has 1 aliphatic carbocycles. The average molecular weight is 260 g/mol. The highest BCUT2D eigenvalue weighted by Crippen LogP contribution is 2.27. The van der Waals surface area contributed by atoms with Crippen molar-refractivity contribution in [3.05, 3.63) is 29.3 Å². The first kappa shape index (κ1) is 14.1. The third-order valence-electron chi connectivity index (χ3n) is 4.18. The summed E-state index contributed by atoms with van der Waals surface area (Å²) in [6.45, 7) is 1.99. The van der Waals surface area contributed by atoms with Crippen molar-refractivity contribution in [2.75, 3.05) is 7.11 Å². The number of aryl methyl sites for hydroxylation is 1. The lowest BCUT2D eigenvalue weighted by atomic mass is 9.91. The molecule has 0 heterocycles. The molecule has 104 valence electrons. The summed E-state index contributed by atoms with van der Waals surface area (Å²) in [7, 11) is 1.65. The highest BCUT2D eigenvalue weighted by molar-refractivity contribution is 5.97. The van der Waals surface area contributed by atoms with Gasteiger partial charge in [-0.05, 0) is 36.6 Å². The van der Waals surface area contributed by atoms with Crippen LogP contribution in [0.1, 0.15) is 60.9 Å². The molecule has 0 unspecified atom stereocenters. The van der Waals surface area contributed by atoms with E-state index < -0.39 is 0 Å². The smallest absolute Gasteiger partial charge is 0.163 e. The number of carbonyl (C=O) groups excluding carboxylic acids is 1. The zero-order valence-electron chi connectivity index (χ0n) is 12.1. The van der Waals surface area contributed by atoms with Gasteiger partial charge < -0.3 is 4.74 Å². The summed E-state index contributed by atoms with van der Waals surface area (Å²) < 4.78 is 5.18. The summed E-state index contributed by atoms with van der Waals surface area (Å²) in [5, 5.41) is 0. The predicted octanol–water partition coefficient (Wildman–Crippen LogP) is 4.55. The number of hydrogen-bond acceptors (Lipinski definition) is 2. The van der Waals surface area contributed by atoms with Gasteiger partial charge in [-0.2, -0.15) is 0 Å². The van der Waals surface area contributed by atoms with Crippen LogP contribution in [0.4, 0.5) is 0 Å². The zero-order valence-corrected chi connectivity index (χ0v) is 12.1. The Morgan fingerprint density at radius 1 is 1.21 bits per heavy atom. The van der Waals surface area contributed by atoms with Gasteiger partial charge in [0.25, 0.3) is 0 Å². The molecule has 1 saturated carbocycles. The molecule has 1 aromatic rings. The van der Waals surface area contributed by atoms with Crippen LogP contribution in [0.15, 0.2) is 18.2 Å². The Morgan fingerprint density at radius 3 is 2.47 bits per heavy atom. The fraction of sp³-hybridized carbons (Fsp3) is 0.588. The van der Waals surface area contributed by atoms with Gasteiger partial charge in [-0.1, -0.05) is 38.5 Å². The maximum atomic E-state index is 12.4. The first-order valence-electron chi connectivity index (χ1n) is 7.38. The summed E-state index contributed by atoms with van der Waals surface area (Å²) >= 11 is 0. The van der Waals surface area contributed by atoms with Gasteiger partial charge in [-0.3, -0.25) is 4.79 Å². The Hall–Kier alpha value is -1.31. The van der Waals surface area contributed by atoms with Crippen LogP contribution in [0.3, 0.4) is 0 Å². The molecule has 0 saturated heterocycles. The van der Waals surface area contributed by atoms with Crippen LogP contribution in [-0.4, -0.2) is 12.9 Å². The molecule has 0 bridgehead atoms. The van der Waals surface area contributed by atoms with Crippen molar-refractivity contribution in [1.29, 1.82) is 0 Å². The molecule has 0 spiro atoms. The molecule has 0 radical (unpaired) electrons. The Balaban J connectivity index is 2.02. The Bertz CT molecular complexity index is 429. The molecule has 2 heteroatoms. The van der Waals surface area contributed by atoms with E-state index in [2.05, 4.69) is 0 Å². The number of ether oxygens (including phenoxy) is 1. The van der Waals surface area contributed by atoms with Crippen molar-refractivity contribution in [3.63, 3.8) is 0 Å². The van der Waals surface area contributed by atoms with Gasteiger partial charge in [0.05, 0.1) is 7.11 Å². The normalized spacial score (nSPS) is 16.9. The van der Waals surface area contributed by atoms with Crippen molar-refractivity contribution in [2.45, 2.75) is 51.9 Å². The van der Waals surface area contributed by atoms with Crippen LogP contribution in [-0.2, 0) is 0 Å². The topological polar surface area (TPSA) is 26.3 Å². The quantitative estimate of drug-likeness (QED) is 0.586. The maximum Gasteiger partial charge on any atom is 0.163 e. The maximum absolute atomic E-state index is 12.4. The molecule has 19 heavy (non-hydrogen) atoms. The highest BCUT2D eigenvalue weighted by atomic mass is 16.5. The minimum absolute atomic E-state index is 0.298. The number of carbonyl (C=O) groups is 1. The molecular formula is C17H24O2. The Kier molecular flexibility index (Phi) is 5.00. The summed E-state index contributed by atoms with van der Waals surface area (Å²) in [6.07, 6.45) is 8.42. The van der Waals surface area contributed by atoms with Gasteiger partial charge in [0.1, 0.15) is 5.75 Å². The van der Waals surface area contributed by atoms with E-state index in [-0.39, 0.29) is 0 Å². The van der Waals surface area contributed by atoms with Gasteiger partial charge in [0.15, 0.2) is 5.78 Å². The van der Waals surface area contributed by atoms with E-state index >= 15 is 0 Å². The monoisotopic (exact) mass is 260 g/mol. The number of ketones is 1. The lowest BCUT2D eigenvalue weighted by Crippen LogP contribution is -2.09. The predicted molar refractivity (Wildman–Crippen MR) is 77.9 cm³/mol. The van der Waals surface area contributed by atoms with E-state index in [4.69, 9.17) is 4.74 Å². The third kappa shape index (κ3) is 3.82. The van der Waals surface area contributed by atoms with Gasteiger partial charge in [-0.25, -0.2) is 0 Å². The second kappa shape index (κ2) is 6.74. The highest BCUT2D eigenvalue weighted by Gasteiger charge is 2.18. The fourth-order valence-corrected chi connectivity index (χ4v) is 3.02. The second-order valence-corrected chi connectivity index (χ2v) is 5.67. The minimum atomic E-state index is 0.298. The molecule has 0 aliphatic heterocycles. The lowest BCUT2D eigenvalue weighted by Gasteiger charge is -2.14. The number of rotatable bonds is 4. The van der Waals surface area contributed by atoms with E-state index in [1.165, 1.54) is 38.5 Å². The van der Waals surface area contributed by atoms with E-state index in [1.807, 2.05) is 25.1 Å². The molecule has 1 aromatic carbocycles. The fourth-order valence-electron chi connectivity index (χ4n) is 3.02. The Labute approximate surface area is 116 Å². The van der Waals surface area contributed by atoms with E-state index in [0.29, 0.717) is 18.1 Å². The van der Waals surface area contributed by atoms with Crippen LogP contribution < -0.4 is 4.74 Å². The summed E-state index contributed by atoms with van der Waals surface area (Å²) in [6, 6.07) is 5.74. The number of benzene rings is 1. The van der Waals surface area contributed by atoms with Gasteiger partial charge in [0, 0.05) is 12.0 Å². The van der Waals surface area contributed by atoms with Crippen LogP contribution in [0, 0.1) is 12.8 Å². The van der Waals surface area contributed by atoms with Crippen LogP contribution in [0.25, 0.3) is 0 Å². The van der Waals surface area contributed by atoms with Gasteiger partial charge >= 0.3 is 0 Å². The van der Waals surface area contributed by atoms with Crippen molar-refractivity contribution < 1.29 is 9.53 Å². The number of hydrogen-bond donors (Lipinski definition) is 0. The molecule has 2 rings (SSSR count). The molecule has 1 fully saturated rings. The molecular weight excluding hydrogens is 236 g/mol. The first-order valence-corrected chi connectivity index (χ1v) is 7.38. The van der Waals surface area contributed by atoms with E-state index in [9.17, 15) is 4.79 Å². The van der Waals surface area contributed by atoms with Crippen molar-refractivity contribution in [3.8, 4) is 5.75 Å². The van der Waals surface area contributed by atoms with Crippen molar-refractivity contribution in [2.24, 2.45) is 5.92 Å². The average Bonchev–Trinajstić information content (AvgIpc) is 2.67. The molecule has 0 amide bonds. The zero-order chi connectivity index (χ0) is 13.7. The second-order valence-electron chi connectivity index (χ2n) is 5.67. The van der Waals surface area contributed by atoms with Crippen LogP contribution in [0.5, 0.6) is 5.75 Å². The van der Waals surface area contributed by atoms with Gasteiger partial charge in [0.2, 0.25) is 0 Å². The van der Waals surface area contributed by atoms with E-state index in [0.717, 1.165) is 16.9 Å². The largest absolute Gasteiger partial charge is 0.497 e. The molecule has 2 nitrogen and oxygen atoms in total. The lowest BCUT2D eigenvalue weighted by molar-refractivity contribution is 0.0956. The van der Waals surface area contributed by atoms with E-state index in [1.54, 1.807) is 7.11 Å². The summed E-state index contributed by atoms with van der Waals surface area (Å²) in [5.41, 5.74) is 1.89. The third-order valence-corrected chi connectivity index (χ3v) is 4.18. The van der Waals surface area contributed by atoms with Crippen molar-refractivity contribution in [1.82, 2.24) is 0 Å². The SMILES string of the molecule is COc1ccc(C(=O)CC2CCCCCC2)c(C)c1. The number of methoxy groups -OCH3 is 1. The molecule has 0 atom stereocenters. The molecule has 0 aromatic heterocycles. The number of Topliss-reactive ketones (excluding diaryl/α,β-unsaturated/α-hetero) is 1. The van der Waals surface area contributed by atoms with Crippen LogP contribution >= 0.6 is 0 Å². The van der Waals surface area contributed by atoms with Crippen LogP contribution in [0.2, 0.25) is 0 Å². The van der Waals surface area contributed by atoms with Crippen molar-refractivity contribution >= 4 is 5.78 Å². The summed E-state index contributed by atoms with van der Waals surface area (Å²) in [4.78, 5) is 12.4. The standard InChI is InChI=1S/C17H24O2/c1-13-11-15(19-2)9-10-16(13)17(18)12-14-7-5-3-4-6-8-14/h9-11,14H,3-8,12H2,1-2H3. The summed E-state index contributed by atoms with van der Waals surface area (Å²) in [5.74, 6) is 1.71. The molecule has 1 aliphatic rings. The minimum Gasteiger partial charge on any atom is -0.497 e.